The highest BCUT2D eigenvalue weighted by molar-refractivity contribution is 7.80. The van der Waals surface area contributed by atoms with E-state index in [1.54, 1.807) is 6.08 Å². The van der Waals surface area contributed by atoms with Gasteiger partial charge in [0.05, 0.1) is 0 Å². The van der Waals surface area contributed by atoms with E-state index in [1.165, 1.54) is 11.6 Å². The summed E-state index contributed by atoms with van der Waals surface area (Å²) in [5, 5.41) is 5.98. The average molecular weight is 479 g/mol. The molecule has 3 rings (SSSR count). The third kappa shape index (κ3) is 7.42. The Balaban J connectivity index is 1.45. The number of thiocarbonyl (C=S) groups is 1. The molecule has 2 aromatic rings. The van der Waals surface area contributed by atoms with Crippen LogP contribution in [0.3, 0.4) is 0 Å². The maximum atomic E-state index is 12.2. The van der Waals surface area contributed by atoms with E-state index in [0.29, 0.717) is 12.3 Å². The van der Waals surface area contributed by atoms with Crippen LogP contribution in [0.15, 0.2) is 54.6 Å². The van der Waals surface area contributed by atoms with Crippen LogP contribution in [0.4, 0.5) is 11.4 Å². The smallest absolute Gasteiger partial charge is 0.250 e. The number of benzene rings is 2. The van der Waals surface area contributed by atoms with Gasteiger partial charge >= 0.3 is 0 Å². The van der Waals surface area contributed by atoms with Gasteiger partial charge in [0.2, 0.25) is 11.8 Å². The summed E-state index contributed by atoms with van der Waals surface area (Å²) in [6.45, 7) is 9.49. The van der Waals surface area contributed by atoms with Crippen molar-refractivity contribution < 1.29 is 9.59 Å². The lowest BCUT2D eigenvalue weighted by molar-refractivity contribution is -0.131. The van der Waals surface area contributed by atoms with Crippen molar-refractivity contribution in [2.75, 3.05) is 36.4 Å². The van der Waals surface area contributed by atoms with Crippen LogP contribution < -0.4 is 15.5 Å². The minimum absolute atomic E-state index is 0.246. The fourth-order valence-electron chi connectivity index (χ4n) is 3.82. The van der Waals surface area contributed by atoms with E-state index < -0.39 is 0 Å². The van der Waals surface area contributed by atoms with Crippen molar-refractivity contribution in [2.24, 2.45) is 0 Å². The van der Waals surface area contributed by atoms with E-state index in [0.717, 1.165) is 49.5 Å². The zero-order valence-corrected chi connectivity index (χ0v) is 21.0. The van der Waals surface area contributed by atoms with Crippen molar-refractivity contribution in [1.82, 2.24) is 10.2 Å². The lowest BCUT2D eigenvalue weighted by Gasteiger charge is -2.36. The van der Waals surface area contributed by atoms with E-state index in [4.69, 9.17) is 12.2 Å². The normalized spacial score (nSPS) is 13.9. The lowest BCUT2D eigenvalue weighted by Crippen LogP contribution is -2.48. The minimum atomic E-state index is -0.280. The van der Waals surface area contributed by atoms with Crippen LogP contribution >= 0.6 is 12.2 Å². The largest absolute Gasteiger partial charge is 0.368 e. The van der Waals surface area contributed by atoms with Gasteiger partial charge in [-0.15, -0.1) is 0 Å². The Morgan fingerprint density at radius 2 is 1.65 bits per heavy atom. The fraction of sp³-hybridized carbons (Fsp3) is 0.370. The highest BCUT2D eigenvalue weighted by atomic mass is 32.1. The number of carbonyl (C=O) groups excluding carboxylic acids is 2. The van der Waals surface area contributed by atoms with E-state index in [1.807, 2.05) is 48.2 Å². The molecular formula is C27H34N4O2S. The maximum Gasteiger partial charge on any atom is 0.250 e. The van der Waals surface area contributed by atoms with Crippen molar-refractivity contribution >= 4 is 46.6 Å². The summed E-state index contributed by atoms with van der Waals surface area (Å²) in [5.41, 5.74) is 4.14. The summed E-state index contributed by atoms with van der Waals surface area (Å²) in [6, 6.07) is 16.1. The molecule has 1 heterocycles. The van der Waals surface area contributed by atoms with Crippen molar-refractivity contribution in [3.63, 3.8) is 0 Å². The molecule has 34 heavy (non-hydrogen) atoms. The topological polar surface area (TPSA) is 64.7 Å². The molecule has 0 radical (unpaired) electrons. The van der Waals surface area contributed by atoms with Gasteiger partial charge in [0.15, 0.2) is 5.11 Å². The molecule has 0 bridgehead atoms. The first-order valence-corrected chi connectivity index (χ1v) is 12.3. The molecule has 1 fully saturated rings. The molecule has 0 aliphatic carbocycles. The van der Waals surface area contributed by atoms with Gasteiger partial charge in [-0.25, -0.2) is 0 Å². The molecule has 1 aliphatic rings. The number of anilines is 2. The summed E-state index contributed by atoms with van der Waals surface area (Å²) in [5.74, 6) is 0.443. The number of nitrogens with zero attached hydrogens (tertiary/aromatic N) is 2. The molecule has 0 unspecified atom stereocenters. The Labute approximate surface area is 208 Å². The van der Waals surface area contributed by atoms with Crippen molar-refractivity contribution in [2.45, 2.75) is 39.5 Å². The van der Waals surface area contributed by atoms with Gasteiger partial charge in [-0.2, -0.15) is 0 Å². The highest BCUT2D eigenvalue weighted by Gasteiger charge is 2.20. The Morgan fingerprint density at radius 1 is 1.00 bits per heavy atom. The summed E-state index contributed by atoms with van der Waals surface area (Å²) in [4.78, 5) is 28.5. The lowest BCUT2D eigenvalue weighted by atomic mass is 10.0. The Bertz CT molecular complexity index is 1010. The van der Waals surface area contributed by atoms with Gasteiger partial charge < -0.3 is 15.1 Å². The quantitative estimate of drug-likeness (QED) is 0.443. The second-order valence-electron chi connectivity index (χ2n) is 8.76. The minimum Gasteiger partial charge on any atom is -0.368 e. The van der Waals surface area contributed by atoms with E-state index >= 15 is 0 Å². The third-order valence-corrected chi connectivity index (χ3v) is 6.06. The van der Waals surface area contributed by atoms with Gasteiger partial charge in [-0.3, -0.25) is 14.9 Å². The molecule has 2 amide bonds. The number of amides is 2. The Kier molecular flexibility index (Phi) is 9.22. The van der Waals surface area contributed by atoms with Crippen molar-refractivity contribution in [1.29, 1.82) is 0 Å². The van der Waals surface area contributed by atoms with Gasteiger partial charge in [0.25, 0.3) is 0 Å². The molecule has 2 N–H and O–H groups in total. The predicted molar refractivity (Wildman–Crippen MR) is 144 cm³/mol. The molecule has 2 aromatic carbocycles. The van der Waals surface area contributed by atoms with Gasteiger partial charge in [-0.1, -0.05) is 45.0 Å². The van der Waals surface area contributed by atoms with Crippen molar-refractivity contribution in [3.05, 3.63) is 65.7 Å². The summed E-state index contributed by atoms with van der Waals surface area (Å²) < 4.78 is 0. The van der Waals surface area contributed by atoms with Gasteiger partial charge in [-0.05, 0) is 66.0 Å². The zero-order chi connectivity index (χ0) is 24.5. The SMILES string of the molecule is CCCC(=O)N1CCN(c2ccc(NC(=S)NC(=O)/C=C/c3ccc(C(C)C)cc3)cc2)CC1. The number of nitrogens with one attached hydrogen (secondary N) is 2. The molecule has 1 aliphatic heterocycles. The standard InChI is InChI=1S/C27H34N4O2S/c1-4-5-26(33)31-18-16-30(17-19-31)24-13-11-23(12-14-24)28-27(34)29-25(32)15-8-21-6-9-22(10-7-21)20(2)3/h6-15,20H,4-5,16-19H2,1-3H3,(H2,28,29,32,34)/b15-8+. The molecule has 6 nitrogen and oxygen atoms in total. The second kappa shape index (κ2) is 12.3. The molecule has 1 saturated heterocycles. The Hall–Kier alpha value is -3.19. The van der Waals surface area contributed by atoms with Gasteiger partial charge in [0, 0.05) is 50.1 Å². The zero-order valence-electron chi connectivity index (χ0n) is 20.2. The molecule has 0 spiro atoms. The second-order valence-corrected chi connectivity index (χ2v) is 9.17. The van der Waals surface area contributed by atoms with Crippen LogP contribution in [-0.4, -0.2) is 48.0 Å². The molecule has 0 atom stereocenters. The third-order valence-electron chi connectivity index (χ3n) is 5.85. The number of hydrogen-bond donors (Lipinski definition) is 2. The first-order valence-electron chi connectivity index (χ1n) is 11.9. The molecule has 0 aromatic heterocycles. The van der Waals surface area contributed by atoms with E-state index in [9.17, 15) is 9.59 Å². The summed E-state index contributed by atoms with van der Waals surface area (Å²) in [7, 11) is 0. The number of hydrogen-bond acceptors (Lipinski definition) is 4. The van der Waals surface area contributed by atoms with Crippen LogP contribution in [0.25, 0.3) is 6.08 Å². The van der Waals surface area contributed by atoms with Crippen molar-refractivity contribution in [3.8, 4) is 0 Å². The predicted octanol–water partition coefficient (Wildman–Crippen LogP) is 4.79. The van der Waals surface area contributed by atoms with E-state index in [-0.39, 0.29) is 16.9 Å². The molecule has 7 heteroatoms. The summed E-state index contributed by atoms with van der Waals surface area (Å²) in [6.07, 6.45) is 4.76. The van der Waals surface area contributed by atoms with Crippen LogP contribution in [0.2, 0.25) is 0 Å². The monoisotopic (exact) mass is 478 g/mol. The molecule has 180 valence electrons. The molecular weight excluding hydrogens is 444 g/mol. The highest BCUT2D eigenvalue weighted by Crippen LogP contribution is 2.20. The molecule has 0 saturated carbocycles. The average Bonchev–Trinajstić information content (AvgIpc) is 2.83. The van der Waals surface area contributed by atoms with Crippen LogP contribution in [-0.2, 0) is 9.59 Å². The van der Waals surface area contributed by atoms with Crippen LogP contribution in [0.5, 0.6) is 0 Å². The fourth-order valence-corrected chi connectivity index (χ4v) is 4.04. The van der Waals surface area contributed by atoms with Crippen LogP contribution in [0.1, 0.15) is 50.7 Å². The first kappa shape index (κ1) is 25.4. The number of piperazine rings is 1. The first-order chi connectivity index (χ1) is 16.4. The van der Waals surface area contributed by atoms with Gasteiger partial charge in [0.1, 0.15) is 0 Å². The maximum absolute atomic E-state index is 12.2. The number of rotatable bonds is 7. The van der Waals surface area contributed by atoms with Crippen LogP contribution in [0, 0.1) is 0 Å². The Morgan fingerprint density at radius 3 is 2.24 bits per heavy atom. The number of carbonyl (C=O) groups is 2. The van der Waals surface area contributed by atoms with E-state index in [2.05, 4.69) is 41.5 Å². The summed E-state index contributed by atoms with van der Waals surface area (Å²) >= 11 is 5.28.